The van der Waals surface area contributed by atoms with Gasteiger partial charge in [-0.3, -0.25) is 4.99 Å². The topological polar surface area (TPSA) is 12.4 Å². The van der Waals surface area contributed by atoms with Crippen LogP contribution in [0.1, 0.15) is 55.0 Å². The molecule has 0 saturated carbocycles. The molecule has 3 rings (SSSR count). The molecule has 134 valence electrons. The van der Waals surface area contributed by atoms with Crippen molar-refractivity contribution >= 4 is 17.5 Å². The van der Waals surface area contributed by atoms with Gasteiger partial charge in [0.05, 0.1) is 5.69 Å². The number of hydrogen-bond donors (Lipinski definition) is 0. The Morgan fingerprint density at radius 3 is 2.15 bits per heavy atom. The molecule has 1 aliphatic carbocycles. The van der Waals surface area contributed by atoms with Gasteiger partial charge in [0.2, 0.25) is 0 Å². The molecular formula is C25H29N. The first-order valence-electron chi connectivity index (χ1n) is 9.43. The highest BCUT2D eigenvalue weighted by Crippen LogP contribution is 2.38. The quantitative estimate of drug-likeness (QED) is 0.526. The lowest BCUT2D eigenvalue weighted by atomic mass is 9.94. The monoisotopic (exact) mass is 343 g/mol. The maximum atomic E-state index is 4.81. The number of benzene rings is 2. The Morgan fingerprint density at radius 1 is 0.885 bits per heavy atom. The van der Waals surface area contributed by atoms with Crippen molar-refractivity contribution < 1.29 is 0 Å². The van der Waals surface area contributed by atoms with E-state index >= 15 is 0 Å². The average Bonchev–Trinajstić information content (AvgIpc) is 2.85. The summed E-state index contributed by atoms with van der Waals surface area (Å²) >= 11 is 0. The summed E-state index contributed by atoms with van der Waals surface area (Å²) in [6, 6.07) is 13.2. The second-order valence-electron chi connectivity index (χ2n) is 7.61. The van der Waals surface area contributed by atoms with E-state index < -0.39 is 0 Å². The third-order valence-corrected chi connectivity index (χ3v) is 5.61. The lowest BCUT2D eigenvalue weighted by molar-refractivity contribution is 1.21. The van der Waals surface area contributed by atoms with Crippen molar-refractivity contribution in [3.63, 3.8) is 0 Å². The molecule has 0 N–H and O–H groups in total. The maximum absolute atomic E-state index is 4.81. The minimum Gasteiger partial charge on any atom is -0.260 e. The molecule has 0 unspecified atom stereocenters. The summed E-state index contributed by atoms with van der Waals surface area (Å²) in [6.07, 6.45) is 4.00. The molecule has 0 radical (unpaired) electrons. The number of hydrogen-bond acceptors (Lipinski definition) is 1. The fourth-order valence-electron chi connectivity index (χ4n) is 3.98. The third kappa shape index (κ3) is 3.58. The first-order chi connectivity index (χ1) is 12.4. The molecule has 2 aromatic carbocycles. The molecule has 1 nitrogen and oxygen atoms in total. The van der Waals surface area contributed by atoms with Gasteiger partial charge >= 0.3 is 0 Å². The predicted molar refractivity (Wildman–Crippen MR) is 115 cm³/mol. The lowest BCUT2D eigenvalue weighted by Gasteiger charge is -2.11. The van der Waals surface area contributed by atoms with Gasteiger partial charge in [-0.1, -0.05) is 47.5 Å². The number of aryl methyl sites for hydroxylation is 3. The van der Waals surface area contributed by atoms with Crippen LogP contribution < -0.4 is 0 Å². The zero-order valence-corrected chi connectivity index (χ0v) is 16.9. The number of allylic oxidation sites excluding steroid dienone is 4. The molecule has 0 amide bonds. The molecule has 0 saturated heterocycles. The molecule has 2 aromatic rings. The van der Waals surface area contributed by atoms with E-state index in [0.29, 0.717) is 0 Å². The zero-order valence-electron chi connectivity index (χ0n) is 16.9. The third-order valence-electron chi connectivity index (χ3n) is 5.61. The van der Waals surface area contributed by atoms with Gasteiger partial charge in [-0.15, -0.1) is 0 Å². The molecule has 0 fully saturated rings. The van der Waals surface area contributed by atoms with Gasteiger partial charge in [-0.2, -0.15) is 0 Å². The minimum atomic E-state index is 0.859. The highest BCUT2D eigenvalue weighted by Gasteiger charge is 2.18. The molecule has 0 aliphatic heterocycles. The van der Waals surface area contributed by atoms with E-state index in [-0.39, 0.29) is 0 Å². The summed E-state index contributed by atoms with van der Waals surface area (Å²) in [4.78, 5) is 4.81. The minimum absolute atomic E-state index is 0.859. The van der Waals surface area contributed by atoms with Crippen molar-refractivity contribution in [1.29, 1.82) is 0 Å². The smallest absolute Gasteiger partial charge is 0.0684 e. The molecule has 0 aromatic heterocycles. The second kappa shape index (κ2) is 7.45. The van der Waals surface area contributed by atoms with Crippen LogP contribution in [0.5, 0.6) is 0 Å². The highest BCUT2D eigenvalue weighted by atomic mass is 14.7. The van der Waals surface area contributed by atoms with Gasteiger partial charge in [-0.25, -0.2) is 0 Å². The maximum Gasteiger partial charge on any atom is 0.0684 e. The van der Waals surface area contributed by atoms with Crippen LogP contribution in [0.3, 0.4) is 0 Å². The molecule has 0 spiro atoms. The van der Waals surface area contributed by atoms with E-state index in [1.54, 1.807) is 0 Å². The van der Waals surface area contributed by atoms with Crippen LogP contribution >= 0.6 is 0 Å². The fraction of sp³-hybridized carbons (Fsp3) is 0.320. The highest BCUT2D eigenvalue weighted by molar-refractivity contribution is 5.81. The Bertz CT molecular complexity index is 915. The van der Waals surface area contributed by atoms with Crippen molar-refractivity contribution in [2.45, 2.75) is 54.4 Å². The second-order valence-corrected chi connectivity index (χ2v) is 7.61. The van der Waals surface area contributed by atoms with Crippen molar-refractivity contribution in [3.05, 3.63) is 80.9 Å². The standard InChI is InChI=1S/C25H29N/c1-16-13-18(3)25(19(4)14-16)26-12-11-22-9-7-8-10-23(22)24-15-17(2)20(5)21(24)6/h7-10,12-14H,11,15H2,1-6H3. The van der Waals surface area contributed by atoms with Crippen molar-refractivity contribution in [1.82, 2.24) is 0 Å². The summed E-state index contributed by atoms with van der Waals surface area (Å²) in [6.45, 7) is 13.2. The van der Waals surface area contributed by atoms with Crippen LogP contribution in [0, 0.1) is 20.8 Å². The summed E-state index contributed by atoms with van der Waals surface area (Å²) in [5, 5.41) is 0. The van der Waals surface area contributed by atoms with Crippen LogP contribution in [0.25, 0.3) is 5.57 Å². The normalized spacial score (nSPS) is 14.8. The molecule has 1 heteroatoms. The van der Waals surface area contributed by atoms with Gasteiger partial charge in [0, 0.05) is 12.6 Å². The Balaban J connectivity index is 1.87. The first kappa shape index (κ1) is 18.4. The van der Waals surface area contributed by atoms with E-state index in [2.05, 4.69) is 84.2 Å². The van der Waals surface area contributed by atoms with Crippen LogP contribution in [0.4, 0.5) is 5.69 Å². The van der Waals surface area contributed by atoms with Gasteiger partial charge in [0.25, 0.3) is 0 Å². The van der Waals surface area contributed by atoms with Crippen LogP contribution in [-0.4, -0.2) is 6.21 Å². The molecule has 0 atom stereocenters. The van der Waals surface area contributed by atoms with E-state index in [1.807, 2.05) is 0 Å². The lowest BCUT2D eigenvalue weighted by Crippen LogP contribution is -1.95. The molecule has 26 heavy (non-hydrogen) atoms. The van der Waals surface area contributed by atoms with Gasteiger partial charge < -0.3 is 0 Å². The summed E-state index contributed by atoms with van der Waals surface area (Å²) < 4.78 is 0. The van der Waals surface area contributed by atoms with E-state index in [4.69, 9.17) is 4.99 Å². The largest absolute Gasteiger partial charge is 0.260 e. The Labute approximate surface area is 158 Å². The van der Waals surface area contributed by atoms with E-state index in [1.165, 1.54) is 50.1 Å². The van der Waals surface area contributed by atoms with Crippen molar-refractivity contribution in [3.8, 4) is 0 Å². The van der Waals surface area contributed by atoms with Crippen LogP contribution in [0.15, 0.2) is 58.1 Å². The molecule has 1 aliphatic rings. The van der Waals surface area contributed by atoms with E-state index in [0.717, 1.165) is 18.5 Å². The number of rotatable bonds is 4. The van der Waals surface area contributed by atoms with Crippen LogP contribution in [-0.2, 0) is 6.42 Å². The summed E-state index contributed by atoms with van der Waals surface area (Å²) in [7, 11) is 0. The van der Waals surface area contributed by atoms with Crippen LogP contribution in [0.2, 0.25) is 0 Å². The molecular weight excluding hydrogens is 314 g/mol. The Hall–Kier alpha value is -2.41. The summed E-state index contributed by atoms with van der Waals surface area (Å²) in [5.74, 6) is 0. The number of nitrogens with zero attached hydrogens (tertiary/aromatic N) is 1. The molecule has 0 bridgehead atoms. The SMILES string of the molecule is CC1=C(C)C(C)=C(c2ccccc2CC=Nc2c(C)cc(C)cc2C)C1. The Morgan fingerprint density at radius 2 is 1.54 bits per heavy atom. The van der Waals surface area contributed by atoms with Gasteiger partial charge in [-0.05, 0) is 86.9 Å². The molecule has 0 heterocycles. The number of aliphatic imine (C=N–C) groups is 1. The van der Waals surface area contributed by atoms with Crippen molar-refractivity contribution in [2.75, 3.05) is 0 Å². The zero-order chi connectivity index (χ0) is 18.8. The van der Waals surface area contributed by atoms with Crippen molar-refractivity contribution in [2.24, 2.45) is 4.99 Å². The average molecular weight is 344 g/mol. The summed E-state index contributed by atoms with van der Waals surface area (Å²) in [5.41, 5.74) is 13.5. The fourth-order valence-corrected chi connectivity index (χ4v) is 3.98. The van der Waals surface area contributed by atoms with Gasteiger partial charge in [0.15, 0.2) is 0 Å². The Kier molecular flexibility index (Phi) is 5.27. The first-order valence-corrected chi connectivity index (χ1v) is 9.43. The van der Waals surface area contributed by atoms with E-state index in [9.17, 15) is 0 Å². The van der Waals surface area contributed by atoms with Gasteiger partial charge in [0.1, 0.15) is 0 Å². The predicted octanol–water partition coefficient (Wildman–Crippen LogP) is 7.07.